The minimum atomic E-state index is -1.50. The lowest BCUT2D eigenvalue weighted by molar-refractivity contribution is -0.165. The summed E-state index contributed by atoms with van der Waals surface area (Å²) in [6, 6.07) is 16.7. The molecule has 5 rings (SSSR count). The molecule has 2 aliphatic heterocycles. The van der Waals surface area contributed by atoms with Crippen molar-refractivity contribution in [3.05, 3.63) is 102 Å². The summed E-state index contributed by atoms with van der Waals surface area (Å²) in [5, 5.41) is 8.41. The van der Waals surface area contributed by atoms with Gasteiger partial charge in [0, 0.05) is 65.3 Å². The van der Waals surface area contributed by atoms with Crippen LogP contribution in [0.1, 0.15) is 116 Å². The fourth-order valence-electron chi connectivity index (χ4n) is 10.2. The second kappa shape index (κ2) is 31.5. The number of methoxy groups -OCH3 is 2. The predicted octanol–water partition coefficient (Wildman–Crippen LogP) is 5.78. The molecule has 3 aromatic carbocycles. The van der Waals surface area contributed by atoms with E-state index in [1.165, 1.54) is 74.9 Å². The molecule has 2 aliphatic rings. The molecular formula is C63H85N7O14. The zero-order chi connectivity index (χ0) is 61.8. The average Bonchev–Trinajstić information content (AvgIpc) is 3.66. The van der Waals surface area contributed by atoms with Crippen LogP contribution in [0.5, 0.6) is 11.5 Å². The second-order valence-electron chi connectivity index (χ2n) is 22.9. The Bertz CT molecular complexity index is 2850. The Morgan fingerprint density at radius 2 is 1.46 bits per heavy atom. The van der Waals surface area contributed by atoms with Gasteiger partial charge in [-0.05, 0) is 112 Å². The Morgan fingerprint density at radius 3 is 2.14 bits per heavy atom. The van der Waals surface area contributed by atoms with Crippen LogP contribution in [0.4, 0.5) is 5.69 Å². The highest BCUT2D eigenvalue weighted by Crippen LogP contribution is 2.33. The standard InChI is InChI=1S/C63H85N7O14/c1-40(2)34-48-58(76)66-46(35-42-20-13-12-14-21-42)60(78)69(9)56(41(3)4)59(77)64-38-54(73)67(7)32-17-16-25-55(74)83-39-63(5,6)57(75)61(79)70-33-18-15-24-47(70)62(80)84-49(28-26-43-27-29-50(81-10)51(36-43)82-11)44-22-19-23-45(37-44)65-52(71)30-31-53(72)68(48)8/h12-14,16,19-23,25,27,29,36-37,40-41,46-49,56H,15,17-18,24,26,28,30-35,38-39H2,1-11H3,(H,64,77)(H,65,71)(H,66,76)/t46-,47+,48+,49-,56+/m1/s1. The number of benzene rings is 3. The van der Waals surface area contributed by atoms with Crippen LogP contribution >= 0.6 is 0 Å². The van der Waals surface area contributed by atoms with Crippen LogP contribution in [0.15, 0.2) is 84.9 Å². The molecule has 3 aromatic rings. The minimum Gasteiger partial charge on any atom is -0.493 e. The molecule has 0 aromatic heterocycles. The SMILES string of the molecule is COc1ccc(CC[C@H]2OC(=O)[C@@H]3CCCCN3C(=O)C(=O)C(C)(C)COC(=O)C=CCCN(C)C(=O)CNC(=O)[C@H](C(C)C)N(C)C(=O)[C@@H](Cc3ccccc3)NC(=O)[C@H](CC(C)C)N(C)C(=O)CCC(=O)Nc3cccc2c3)cc1OC. The van der Waals surface area contributed by atoms with Crippen molar-refractivity contribution in [2.24, 2.45) is 17.3 Å². The van der Waals surface area contributed by atoms with Crippen molar-refractivity contribution >= 4 is 64.8 Å². The Hall–Kier alpha value is -8.10. The van der Waals surface area contributed by atoms with Crippen LogP contribution < -0.4 is 25.4 Å². The Morgan fingerprint density at radius 1 is 0.750 bits per heavy atom. The maximum Gasteiger partial charge on any atom is 0.330 e. The van der Waals surface area contributed by atoms with Gasteiger partial charge in [0.15, 0.2) is 11.5 Å². The number of piperidine rings is 1. The molecule has 2 heterocycles. The first-order chi connectivity index (χ1) is 39.8. The molecule has 1 saturated heterocycles. The number of nitrogens with one attached hydrogen (secondary N) is 3. The number of rotatable bonds is 10. The third-order valence-corrected chi connectivity index (χ3v) is 15.1. The normalized spacial score (nSPS) is 22.2. The number of anilines is 1. The number of hydrogen-bond donors (Lipinski definition) is 3. The van der Waals surface area contributed by atoms with E-state index < -0.39 is 114 Å². The van der Waals surface area contributed by atoms with Crippen LogP contribution in [0.25, 0.3) is 0 Å². The highest BCUT2D eigenvalue weighted by molar-refractivity contribution is 6.38. The summed E-state index contributed by atoms with van der Waals surface area (Å²) in [5.41, 5.74) is 0.891. The summed E-state index contributed by atoms with van der Waals surface area (Å²) < 4.78 is 22.7. The molecule has 5 atom stereocenters. The smallest absolute Gasteiger partial charge is 0.330 e. The van der Waals surface area contributed by atoms with Crippen LogP contribution in [-0.2, 0) is 70.3 Å². The van der Waals surface area contributed by atoms with E-state index in [1.807, 2.05) is 32.0 Å². The number of aryl methyl sites for hydroxylation is 1. The highest BCUT2D eigenvalue weighted by atomic mass is 16.5. The van der Waals surface area contributed by atoms with Crippen LogP contribution in [0.2, 0.25) is 0 Å². The monoisotopic (exact) mass is 1160 g/mol. The van der Waals surface area contributed by atoms with E-state index in [1.54, 1.807) is 68.4 Å². The zero-order valence-electron chi connectivity index (χ0n) is 50.5. The maximum absolute atomic E-state index is 14.6. The van der Waals surface area contributed by atoms with Gasteiger partial charge < -0.3 is 54.5 Å². The number of fused-ring (bicyclic) bond motifs is 3. The lowest BCUT2D eigenvalue weighted by Crippen LogP contribution is -2.59. The van der Waals surface area contributed by atoms with E-state index in [9.17, 15) is 47.9 Å². The van der Waals surface area contributed by atoms with Gasteiger partial charge in [0.2, 0.25) is 41.2 Å². The van der Waals surface area contributed by atoms with E-state index in [0.29, 0.717) is 42.0 Å². The molecular weight excluding hydrogens is 1080 g/mol. The Balaban J connectivity index is 1.47. The third kappa shape index (κ3) is 19.0. The molecule has 0 saturated carbocycles. The summed E-state index contributed by atoms with van der Waals surface area (Å²) in [6.45, 7) is 9.59. The van der Waals surface area contributed by atoms with Gasteiger partial charge in [0.25, 0.3) is 5.91 Å². The van der Waals surface area contributed by atoms with Gasteiger partial charge in [-0.2, -0.15) is 0 Å². The van der Waals surface area contributed by atoms with E-state index in [4.69, 9.17) is 18.9 Å². The number of esters is 2. The largest absolute Gasteiger partial charge is 0.493 e. The van der Waals surface area contributed by atoms with Crippen molar-refractivity contribution in [1.29, 1.82) is 0 Å². The van der Waals surface area contributed by atoms with Crippen LogP contribution in [0.3, 0.4) is 0 Å². The lowest BCUT2D eigenvalue weighted by atomic mass is 9.87. The maximum atomic E-state index is 14.6. The highest BCUT2D eigenvalue weighted by Gasteiger charge is 2.43. The molecule has 3 N–H and O–H groups in total. The van der Waals surface area contributed by atoms with Crippen molar-refractivity contribution in [3.8, 4) is 11.5 Å². The summed E-state index contributed by atoms with van der Waals surface area (Å²) in [5.74, 6) is -6.15. The van der Waals surface area contributed by atoms with Crippen molar-refractivity contribution in [1.82, 2.24) is 30.2 Å². The van der Waals surface area contributed by atoms with Gasteiger partial charge in [0.05, 0.1) is 26.2 Å². The van der Waals surface area contributed by atoms with Gasteiger partial charge in [0.1, 0.15) is 36.9 Å². The molecule has 456 valence electrons. The molecule has 0 spiro atoms. The third-order valence-electron chi connectivity index (χ3n) is 15.1. The van der Waals surface area contributed by atoms with Gasteiger partial charge in [-0.25, -0.2) is 9.59 Å². The number of hydrogen-bond acceptors (Lipinski definition) is 14. The van der Waals surface area contributed by atoms with Gasteiger partial charge >= 0.3 is 11.9 Å². The van der Waals surface area contributed by atoms with Crippen LogP contribution in [-0.4, -0.2) is 164 Å². The van der Waals surface area contributed by atoms with Gasteiger partial charge in [-0.3, -0.25) is 38.4 Å². The van der Waals surface area contributed by atoms with Gasteiger partial charge in [-0.1, -0.05) is 82.3 Å². The molecule has 7 amide bonds. The summed E-state index contributed by atoms with van der Waals surface area (Å²) in [6.07, 6.45) is 3.52. The number of likely N-dealkylation sites (N-methyl/N-ethyl adjacent to an activating group) is 3. The first kappa shape index (κ1) is 66.7. The predicted molar refractivity (Wildman–Crippen MR) is 314 cm³/mol. The average molecular weight is 1160 g/mol. The molecule has 84 heavy (non-hydrogen) atoms. The second-order valence-corrected chi connectivity index (χ2v) is 22.9. The van der Waals surface area contributed by atoms with E-state index >= 15 is 0 Å². The number of ketones is 1. The van der Waals surface area contributed by atoms with Crippen molar-refractivity contribution in [2.75, 3.05) is 66.9 Å². The van der Waals surface area contributed by atoms with Crippen molar-refractivity contribution in [3.63, 3.8) is 0 Å². The molecule has 0 aliphatic carbocycles. The molecule has 0 unspecified atom stereocenters. The van der Waals surface area contributed by atoms with Gasteiger partial charge in [-0.15, -0.1) is 0 Å². The molecule has 1 fully saturated rings. The van der Waals surface area contributed by atoms with E-state index in [-0.39, 0.29) is 64.0 Å². The molecule has 21 heteroatoms. The van der Waals surface area contributed by atoms with Crippen molar-refractivity contribution < 1.29 is 66.9 Å². The Kier molecular flexibility index (Phi) is 25.0. The number of ether oxygens (including phenoxy) is 4. The first-order valence-electron chi connectivity index (χ1n) is 28.7. The fraction of sp³-hybridized carbons (Fsp3) is 0.524. The quantitative estimate of drug-likeness (QED) is 0.161. The number of carbonyl (C=O) groups is 10. The fourth-order valence-corrected chi connectivity index (χ4v) is 10.2. The van der Waals surface area contributed by atoms with Crippen molar-refractivity contribution in [2.45, 2.75) is 136 Å². The summed E-state index contributed by atoms with van der Waals surface area (Å²) in [7, 11) is 7.50. The zero-order valence-corrected chi connectivity index (χ0v) is 50.5. The number of nitrogens with zero attached hydrogens (tertiary/aromatic N) is 4. The van der Waals surface area contributed by atoms with Crippen LogP contribution in [0, 0.1) is 17.3 Å². The number of Topliss-reactive ketones (excluding diaryl/α,β-unsaturated/α-hetero) is 1. The molecule has 2 bridgehead atoms. The minimum absolute atomic E-state index is 0.0456. The van der Waals surface area contributed by atoms with E-state index in [2.05, 4.69) is 16.0 Å². The first-order valence-corrected chi connectivity index (χ1v) is 28.7. The molecule has 0 radical (unpaired) electrons. The topological polar surface area (TPSA) is 257 Å². The number of cyclic esters (lactones) is 2. The number of amides is 7. The van der Waals surface area contributed by atoms with E-state index in [0.717, 1.165) is 17.2 Å². The molecule has 21 nitrogen and oxygen atoms in total. The lowest BCUT2D eigenvalue weighted by Gasteiger charge is -2.36. The summed E-state index contributed by atoms with van der Waals surface area (Å²) in [4.78, 5) is 145. The Labute approximate surface area is 493 Å². The summed E-state index contributed by atoms with van der Waals surface area (Å²) >= 11 is 0. The number of carbonyl (C=O) groups excluding carboxylic acids is 10.